The van der Waals surface area contributed by atoms with Crippen LogP contribution in [0.25, 0.3) is 0 Å². The Morgan fingerprint density at radius 1 is 1.50 bits per heavy atom. The average molecular weight is 254 g/mol. The summed E-state index contributed by atoms with van der Waals surface area (Å²) in [6.07, 6.45) is 0.820. The third-order valence-electron chi connectivity index (χ3n) is 2.82. The van der Waals surface area contributed by atoms with Crippen LogP contribution < -0.4 is 0 Å². The van der Waals surface area contributed by atoms with E-state index in [4.69, 9.17) is 9.26 Å². The van der Waals surface area contributed by atoms with Crippen molar-refractivity contribution in [1.29, 1.82) is 0 Å². The lowest BCUT2D eigenvalue weighted by Crippen LogP contribution is -2.29. The van der Waals surface area contributed by atoms with Crippen LogP contribution in [-0.4, -0.2) is 43.3 Å². The van der Waals surface area contributed by atoms with E-state index in [0.717, 1.165) is 6.42 Å². The van der Waals surface area contributed by atoms with Gasteiger partial charge in [-0.05, 0) is 13.3 Å². The van der Waals surface area contributed by atoms with E-state index in [2.05, 4.69) is 5.16 Å². The Morgan fingerprint density at radius 2 is 2.17 bits per heavy atom. The van der Waals surface area contributed by atoms with Gasteiger partial charge >= 0.3 is 0 Å². The first-order chi connectivity index (χ1) is 8.49. The first-order valence-corrected chi connectivity index (χ1v) is 6.19. The van der Waals surface area contributed by atoms with Crippen molar-refractivity contribution < 1.29 is 14.1 Å². The molecule has 18 heavy (non-hydrogen) atoms. The Hall–Kier alpha value is -1.36. The van der Waals surface area contributed by atoms with Crippen LogP contribution in [0.4, 0.5) is 0 Å². The minimum absolute atomic E-state index is 0.0337. The summed E-state index contributed by atoms with van der Waals surface area (Å²) in [5.74, 6) is 0.780. The molecule has 1 aromatic heterocycles. The molecule has 0 aliphatic rings. The van der Waals surface area contributed by atoms with E-state index >= 15 is 0 Å². The molecule has 0 bridgehead atoms. The molecule has 1 amide bonds. The zero-order chi connectivity index (χ0) is 13.7. The molecule has 0 atom stereocenters. The molecule has 0 fully saturated rings. The summed E-state index contributed by atoms with van der Waals surface area (Å²) < 4.78 is 10.2. The number of rotatable bonds is 6. The van der Waals surface area contributed by atoms with Crippen LogP contribution in [0, 0.1) is 6.92 Å². The van der Waals surface area contributed by atoms with Gasteiger partial charge in [0.15, 0.2) is 5.76 Å². The highest BCUT2D eigenvalue weighted by molar-refractivity contribution is 5.96. The summed E-state index contributed by atoms with van der Waals surface area (Å²) in [6, 6.07) is 0. The topological polar surface area (TPSA) is 55.6 Å². The van der Waals surface area contributed by atoms with Gasteiger partial charge in [0, 0.05) is 33.2 Å². The number of nitrogens with zero attached hydrogens (tertiary/aromatic N) is 2. The third kappa shape index (κ3) is 3.32. The van der Waals surface area contributed by atoms with Crippen LogP contribution in [0.15, 0.2) is 4.52 Å². The van der Waals surface area contributed by atoms with Crippen molar-refractivity contribution in [3.05, 3.63) is 17.0 Å². The standard InChI is InChI=1S/C13H22N2O3/c1-9(2)12-11(10(3)14-18-12)13(16)15(4)7-6-8-17-5/h9H,6-8H2,1-5H3. The number of methoxy groups -OCH3 is 1. The Labute approximate surface area is 108 Å². The molecule has 0 aliphatic heterocycles. The quantitative estimate of drug-likeness (QED) is 0.730. The molecular formula is C13H22N2O3. The van der Waals surface area contributed by atoms with Crippen molar-refractivity contribution in [2.24, 2.45) is 0 Å². The molecule has 0 spiro atoms. The first kappa shape index (κ1) is 14.7. The monoisotopic (exact) mass is 254 g/mol. The third-order valence-corrected chi connectivity index (χ3v) is 2.82. The lowest BCUT2D eigenvalue weighted by atomic mass is 10.0. The molecule has 0 saturated heterocycles. The number of carbonyl (C=O) groups is 1. The summed E-state index contributed by atoms with van der Waals surface area (Å²) in [7, 11) is 3.44. The van der Waals surface area contributed by atoms with E-state index in [1.807, 2.05) is 13.8 Å². The minimum atomic E-state index is -0.0337. The molecular weight excluding hydrogens is 232 g/mol. The maximum absolute atomic E-state index is 12.3. The van der Waals surface area contributed by atoms with Gasteiger partial charge in [0.2, 0.25) is 0 Å². The summed E-state index contributed by atoms with van der Waals surface area (Å²) >= 11 is 0. The molecule has 0 saturated carbocycles. The Kier molecular flexibility index (Phi) is 5.34. The van der Waals surface area contributed by atoms with Crippen molar-refractivity contribution in [3.63, 3.8) is 0 Å². The average Bonchev–Trinajstić information content (AvgIpc) is 2.70. The number of aromatic nitrogens is 1. The van der Waals surface area contributed by atoms with Gasteiger partial charge in [0.1, 0.15) is 5.56 Å². The molecule has 0 radical (unpaired) electrons. The van der Waals surface area contributed by atoms with Gasteiger partial charge in [-0.2, -0.15) is 0 Å². The first-order valence-electron chi connectivity index (χ1n) is 6.19. The molecule has 1 rings (SSSR count). The van der Waals surface area contributed by atoms with Crippen molar-refractivity contribution in [2.45, 2.75) is 33.1 Å². The van der Waals surface area contributed by atoms with Crippen LogP contribution in [0.3, 0.4) is 0 Å². The lowest BCUT2D eigenvalue weighted by molar-refractivity contribution is 0.0776. The zero-order valence-corrected chi connectivity index (χ0v) is 11.8. The van der Waals surface area contributed by atoms with Gasteiger partial charge in [-0.25, -0.2) is 0 Å². The molecule has 1 aromatic rings. The summed E-state index contributed by atoms with van der Waals surface area (Å²) in [6.45, 7) is 7.08. The van der Waals surface area contributed by atoms with Gasteiger partial charge in [-0.15, -0.1) is 0 Å². The van der Waals surface area contributed by atoms with Gasteiger partial charge in [-0.3, -0.25) is 4.79 Å². The lowest BCUT2D eigenvalue weighted by Gasteiger charge is -2.17. The SMILES string of the molecule is COCCCN(C)C(=O)c1c(C)noc1C(C)C. The number of hydrogen-bond acceptors (Lipinski definition) is 4. The number of aryl methyl sites for hydroxylation is 1. The molecule has 0 unspecified atom stereocenters. The van der Waals surface area contributed by atoms with Crippen molar-refractivity contribution in [3.8, 4) is 0 Å². The maximum Gasteiger partial charge on any atom is 0.259 e. The number of amides is 1. The molecule has 1 heterocycles. The van der Waals surface area contributed by atoms with E-state index in [0.29, 0.717) is 30.2 Å². The molecule has 0 aromatic carbocycles. The smallest absolute Gasteiger partial charge is 0.259 e. The van der Waals surface area contributed by atoms with E-state index in [1.54, 1.807) is 26.0 Å². The second-order valence-corrected chi connectivity index (χ2v) is 4.73. The second kappa shape index (κ2) is 6.54. The van der Waals surface area contributed by atoms with Gasteiger partial charge in [0.25, 0.3) is 5.91 Å². The highest BCUT2D eigenvalue weighted by Gasteiger charge is 2.24. The Bertz CT molecular complexity index is 399. The van der Waals surface area contributed by atoms with Gasteiger partial charge < -0.3 is 14.2 Å². The number of hydrogen-bond donors (Lipinski definition) is 0. The van der Waals surface area contributed by atoms with Crippen LogP contribution in [0.5, 0.6) is 0 Å². The number of ether oxygens (including phenoxy) is 1. The largest absolute Gasteiger partial charge is 0.385 e. The summed E-state index contributed by atoms with van der Waals surface area (Å²) in [5, 5.41) is 3.89. The molecule has 5 heteroatoms. The molecule has 5 nitrogen and oxygen atoms in total. The van der Waals surface area contributed by atoms with Crippen LogP contribution in [0.1, 0.15) is 48.0 Å². The fourth-order valence-corrected chi connectivity index (χ4v) is 1.78. The molecule has 102 valence electrons. The Balaban J connectivity index is 2.79. The Morgan fingerprint density at radius 3 is 2.72 bits per heavy atom. The van der Waals surface area contributed by atoms with E-state index < -0.39 is 0 Å². The number of carbonyl (C=O) groups excluding carboxylic acids is 1. The molecule has 0 N–H and O–H groups in total. The highest BCUT2D eigenvalue weighted by atomic mass is 16.5. The summed E-state index contributed by atoms with van der Waals surface area (Å²) in [5.41, 5.74) is 1.26. The van der Waals surface area contributed by atoms with Crippen LogP contribution >= 0.6 is 0 Å². The molecule has 0 aliphatic carbocycles. The minimum Gasteiger partial charge on any atom is -0.385 e. The van der Waals surface area contributed by atoms with E-state index in [9.17, 15) is 4.79 Å². The fourth-order valence-electron chi connectivity index (χ4n) is 1.78. The fraction of sp³-hybridized carbons (Fsp3) is 0.692. The normalized spacial score (nSPS) is 11.0. The predicted octanol–water partition coefficient (Wildman–Crippen LogP) is 2.21. The van der Waals surface area contributed by atoms with Crippen molar-refractivity contribution in [2.75, 3.05) is 27.3 Å². The van der Waals surface area contributed by atoms with Crippen LogP contribution in [-0.2, 0) is 4.74 Å². The predicted molar refractivity (Wildman–Crippen MR) is 68.8 cm³/mol. The van der Waals surface area contributed by atoms with Gasteiger partial charge in [0.05, 0.1) is 5.69 Å². The van der Waals surface area contributed by atoms with Crippen molar-refractivity contribution in [1.82, 2.24) is 10.1 Å². The highest BCUT2D eigenvalue weighted by Crippen LogP contribution is 2.23. The van der Waals surface area contributed by atoms with E-state index in [1.165, 1.54) is 0 Å². The summed E-state index contributed by atoms with van der Waals surface area (Å²) in [4.78, 5) is 14.0. The zero-order valence-electron chi connectivity index (χ0n) is 11.8. The van der Waals surface area contributed by atoms with Crippen molar-refractivity contribution >= 4 is 5.91 Å². The van der Waals surface area contributed by atoms with E-state index in [-0.39, 0.29) is 11.8 Å². The van der Waals surface area contributed by atoms with Crippen LogP contribution in [0.2, 0.25) is 0 Å². The van der Waals surface area contributed by atoms with Gasteiger partial charge in [-0.1, -0.05) is 19.0 Å². The maximum atomic E-state index is 12.3. The second-order valence-electron chi connectivity index (χ2n) is 4.73.